The van der Waals surface area contributed by atoms with Crippen molar-refractivity contribution in [2.75, 3.05) is 11.9 Å². The van der Waals surface area contributed by atoms with Crippen molar-refractivity contribution in [3.63, 3.8) is 0 Å². The van der Waals surface area contributed by atoms with Gasteiger partial charge in [-0.05, 0) is 44.5 Å². The average molecular weight is 330 g/mol. The number of carbonyl (C=O) groups excluding carboxylic acids is 2. The molecule has 2 N–H and O–H groups in total. The molecule has 0 unspecified atom stereocenters. The summed E-state index contributed by atoms with van der Waals surface area (Å²) in [6.45, 7) is 5.99. The Morgan fingerprint density at radius 2 is 2.08 bits per heavy atom. The van der Waals surface area contributed by atoms with E-state index in [1.54, 1.807) is 42.1 Å². The highest BCUT2D eigenvalue weighted by molar-refractivity contribution is 5.89. The first-order chi connectivity index (χ1) is 11.5. The second kappa shape index (κ2) is 8.14. The maximum atomic E-state index is 11.9. The smallest absolute Gasteiger partial charge is 0.358 e. The maximum Gasteiger partial charge on any atom is 0.358 e. The molecule has 0 saturated heterocycles. The first-order valence-corrected chi connectivity index (χ1v) is 7.94. The molecule has 128 valence electrons. The predicted molar refractivity (Wildman–Crippen MR) is 91.4 cm³/mol. The van der Waals surface area contributed by atoms with Crippen LogP contribution in [0.2, 0.25) is 0 Å². The number of nitrogens with one attached hydrogen (secondary N) is 2. The number of urea groups is 1. The fourth-order valence-electron chi connectivity index (χ4n) is 2.00. The van der Waals surface area contributed by atoms with Crippen LogP contribution in [0.5, 0.6) is 0 Å². The maximum absolute atomic E-state index is 11.9. The molecule has 2 aromatic rings. The van der Waals surface area contributed by atoms with E-state index in [2.05, 4.69) is 15.7 Å². The van der Waals surface area contributed by atoms with Gasteiger partial charge < -0.3 is 15.4 Å². The molecule has 2 rings (SSSR count). The molecular weight excluding hydrogens is 308 g/mol. The lowest BCUT2D eigenvalue weighted by Crippen LogP contribution is -2.35. The van der Waals surface area contributed by atoms with E-state index in [1.807, 2.05) is 19.9 Å². The standard InChI is InChI=1S/C17H22N4O3/c1-4-12(3)18-17(23)19-13-7-6-8-14(11-13)21-10-9-15(20-21)16(22)24-5-2/h6-12H,4-5H2,1-3H3,(H2,18,19,23)/t12-/m1/s1. The van der Waals surface area contributed by atoms with Crippen LogP contribution in [0.25, 0.3) is 5.69 Å². The lowest BCUT2D eigenvalue weighted by Gasteiger charge is -2.13. The summed E-state index contributed by atoms with van der Waals surface area (Å²) in [5.41, 5.74) is 1.61. The van der Waals surface area contributed by atoms with Crippen LogP contribution in [0.15, 0.2) is 36.5 Å². The van der Waals surface area contributed by atoms with Gasteiger partial charge >= 0.3 is 12.0 Å². The fraction of sp³-hybridized carbons (Fsp3) is 0.353. The summed E-state index contributed by atoms with van der Waals surface area (Å²) in [6, 6.07) is 8.64. The molecule has 0 saturated carbocycles. The Hall–Kier alpha value is -2.83. The van der Waals surface area contributed by atoms with Crippen molar-refractivity contribution in [1.29, 1.82) is 0 Å². The molecule has 1 aromatic carbocycles. The molecule has 24 heavy (non-hydrogen) atoms. The van der Waals surface area contributed by atoms with Crippen LogP contribution in [0, 0.1) is 0 Å². The topological polar surface area (TPSA) is 85.2 Å². The highest BCUT2D eigenvalue weighted by Crippen LogP contribution is 2.15. The second-order valence-corrected chi connectivity index (χ2v) is 5.32. The Kier molecular flexibility index (Phi) is 5.95. The number of rotatable bonds is 6. The number of ether oxygens (including phenoxy) is 1. The number of esters is 1. The van der Waals surface area contributed by atoms with Crippen LogP contribution in [-0.2, 0) is 4.74 Å². The van der Waals surface area contributed by atoms with Crippen molar-refractivity contribution in [3.8, 4) is 5.69 Å². The Bertz CT molecular complexity index is 711. The average Bonchev–Trinajstić information content (AvgIpc) is 3.05. The van der Waals surface area contributed by atoms with Crippen molar-refractivity contribution >= 4 is 17.7 Å². The quantitative estimate of drug-likeness (QED) is 0.797. The van der Waals surface area contributed by atoms with Gasteiger partial charge in [-0.2, -0.15) is 5.10 Å². The van der Waals surface area contributed by atoms with Gasteiger partial charge in [0.25, 0.3) is 0 Å². The van der Waals surface area contributed by atoms with E-state index in [9.17, 15) is 9.59 Å². The summed E-state index contributed by atoms with van der Waals surface area (Å²) < 4.78 is 6.48. The summed E-state index contributed by atoms with van der Waals surface area (Å²) in [4.78, 5) is 23.6. The molecule has 0 aliphatic carbocycles. The molecule has 0 spiro atoms. The Balaban J connectivity index is 2.10. The van der Waals surface area contributed by atoms with Crippen molar-refractivity contribution in [2.24, 2.45) is 0 Å². The molecule has 1 aromatic heterocycles. The minimum atomic E-state index is -0.460. The number of hydrogen-bond acceptors (Lipinski definition) is 4. The SMILES string of the molecule is CCOC(=O)c1ccn(-c2cccc(NC(=O)N[C@H](C)CC)c2)n1. The summed E-state index contributed by atoms with van der Waals surface area (Å²) in [7, 11) is 0. The number of carbonyl (C=O) groups is 2. The number of anilines is 1. The van der Waals surface area contributed by atoms with E-state index in [4.69, 9.17) is 4.74 Å². The highest BCUT2D eigenvalue weighted by Gasteiger charge is 2.11. The number of amides is 2. The van der Waals surface area contributed by atoms with Gasteiger partial charge in [-0.3, -0.25) is 0 Å². The van der Waals surface area contributed by atoms with Crippen LogP contribution in [-0.4, -0.2) is 34.4 Å². The predicted octanol–water partition coefficient (Wildman–Crippen LogP) is 2.97. The Morgan fingerprint density at radius 1 is 1.29 bits per heavy atom. The Morgan fingerprint density at radius 3 is 2.79 bits per heavy atom. The van der Waals surface area contributed by atoms with E-state index in [1.165, 1.54) is 0 Å². The zero-order chi connectivity index (χ0) is 17.5. The summed E-state index contributed by atoms with van der Waals surface area (Å²) in [5.74, 6) is -0.460. The molecule has 7 nitrogen and oxygen atoms in total. The van der Waals surface area contributed by atoms with E-state index in [0.29, 0.717) is 12.3 Å². The van der Waals surface area contributed by atoms with Crippen LogP contribution in [0.4, 0.5) is 10.5 Å². The molecule has 2 amide bonds. The molecule has 0 fully saturated rings. The monoisotopic (exact) mass is 330 g/mol. The summed E-state index contributed by atoms with van der Waals surface area (Å²) in [5, 5.41) is 9.82. The van der Waals surface area contributed by atoms with Gasteiger partial charge in [0, 0.05) is 17.9 Å². The van der Waals surface area contributed by atoms with Gasteiger partial charge in [0.05, 0.1) is 12.3 Å². The number of hydrogen-bond donors (Lipinski definition) is 2. The van der Waals surface area contributed by atoms with Gasteiger partial charge in [-0.1, -0.05) is 13.0 Å². The third-order valence-corrected chi connectivity index (χ3v) is 3.43. The van der Waals surface area contributed by atoms with E-state index in [0.717, 1.165) is 12.1 Å². The first kappa shape index (κ1) is 17.5. The van der Waals surface area contributed by atoms with Crippen molar-refractivity contribution in [3.05, 3.63) is 42.2 Å². The van der Waals surface area contributed by atoms with E-state index in [-0.39, 0.29) is 17.8 Å². The molecule has 0 radical (unpaired) electrons. The molecule has 7 heteroatoms. The van der Waals surface area contributed by atoms with Crippen LogP contribution < -0.4 is 10.6 Å². The molecular formula is C17H22N4O3. The summed E-state index contributed by atoms with van der Waals surface area (Å²) in [6.07, 6.45) is 2.53. The van der Waals surface area contributed by atoms with E-state index >= 15 is 0 Å². The normalized spacial score (nSPS) is 11.6. The van der Waals surface area contributed by atoms with Gasteiger partial charge in [0.15, 0.2) is 5.69 Å². The van der Waals surface area contributed by atoms with Crippen LogP contribution >= 0.6 is 0 Å². The third kappa shape index (κ3) is 4.58. The first-order valence-electron chi connectivity index (χ1n) is 7.94. The number of aromatic nitrogens is 2. The third-order valence-electron chi connectivity index (χ3n) is 3.43. The molecule has 1 atom stereocenters. The van der Waals surface area contributed by atoms with Gasteiger partial charge in [0.2, 0.25) is 0 Å². The van der Waals surface area contributed by atoms with E-state index < -0.39 is 5.97 Å². The molecule has 0 aliphatic rings. The number of nitrogens with zero attached hydrogens (tertiary/aromatic N) is 2. The molecule has 0 aliphatic heterocycles. The molecule has 1 heterocycles. The second-order valence-electron chi connectivity index (χ2n) is 5.32. The largest absolute Gasteiger partial charge is 0.461 e. The van der Waals surface area contributed by atoms with Crippen LogP contribution in [0.1, 0.15) is 37.7 Å². The van der Waals surface area contributed by atoms with Crippen molar-refractivity contribution in [1.82, 2.24) is 15.1 Å². The molecule has 0 bridgehead atoms. The van der Waals surface area contributed by atoms with Gasteiger partial charge in [-0.15, -0.1) is 0 Å². The fourth-order valence-corrected chi connectivity index (χ4v) is 2.00. The van der Waals surface area contributed by atoms with Crippen molar-refractivity contribution < 1.29 is 14.3 Å². The van der Waals surface area contributed by atoms with Gasteiger partial charge in [-0.25, -0.2) is 14.3 Å². The van der Waals surface area contributed by atoms with Gasteiger partial charge in [0.1, 0.15) is 0 Å². The lowest BCUT2D eigenvalue weighted by atomic mass is 10.2. The van der Waals surface area contributed by atoms with Crippen molar-refractivity contribution in [2.45, 2.75) is 33.2 Å². The number of benzene rings is 1. The minimum absolute atomic E-state index is 0.103. The highest BCUT2D eigenvalue weighted by atomic mass is 16.5. The summed E-state index contributed by atoms with van der Waals surface area (Å²) >= 11 is 0. The van der Waals surface area contributed by atoms with Crippen LogP contribution in [0.3, 0.4) is 0 Å². The zero-order valence-corrected chi connectivity index (χ0v) is 14.1. The lowest BCUT2D eigenvalue weighted by molar-refractivity contribution is 0.0519. The minimum Gasteiger partial charge on any atom is -0.461 e. The Labute approximate surface area is 141 Å². The zero-order valence-electron chi connectivity index (χ0n) is 14.1.